The van der Waals surface area contributed by atoms with Crippen LogP contribution in [0.2, 0.25) is 0 Å². The Labute approximate surface area is 132 Å². The molecule has 0 spiro atoms. The number of ether oxygens (including phenoxy) is 3. The zero-order valence-electron chi connectivity index (χ0n) is 13.0. The molecule has 0 aromatic carbocycles. The highest BCUT2D eigenvalue weighted by molar-refractivity contribution is 4.98. The van der Waals surface area contributed by atoms with Crippen LogP contribution in [0.1, 0.15) is 1.43 Å². The van der Waals surface area contributed by atoms with Crippen LogP contribution in [-0.2, 0) is 14.2 Å². The van der Waals surface area contributed by atoms with E-state index in [1.807, 2.05) is 0 Å². The zero-order valence-corrected chi connectivity index (χ0v) is 12.0. The Morgan fingerprint density at radius 1 is 0.913 bits per heavy atom. The van der Waals surface area contributed by atoms with E-state index in [0.717, 1.165) is 0 Å². The van der Waals surface area contributed by atoms with Gasteiger partial charge < -0.3 is 55.1 Å². The lowest BCUT2D eigenvalue weighted by Gasteiger charge is -2.41. The number of rotatable bonds is 5. The molecule has 0 aliphatic carbocycles. The van der Waals surface area contributed by atoms with Crippen molar-refractivity contribution in [3.63, 3.8) is 0 Å². The first-order chi connectivity index (χ1) is 10.8. The van der Waals surface area contributed by atoms with Crippen LogP contribution in [0.4, 0.5) is 0 Å². The van der Waals surface area contributed by atoms with Crippen molar-refractivity contribution in [1.82, 2.24) is 0 Å². The van der Waals surface area contributed by atoms with E-state index in [1.54, 1.807) is 0 Å². The molecule has 0 bridgehead atoms. The molecule has 136 valence electrons. The van der Waals surface area contributed by atoms with Gasteiger partial charge in [-0.1, -0.05) is 0 Å². The van der Waals surface area contributed by atoms with E-state index in [9.17, 15) is 30.6 Å². The molecule has 0 aromatic rings. The van der Waals surface area contributed by atoms with E-state index in [0.29, 0.717) is 0 Å². The van der Waals surface area contributed by atoms with Crippen molar-refractivity contribution < 1.29 is 56.5 Å². The average molecular weight is 343 g/mol. The third kappa shape index (κ3) is 3.36. The van der Waals surface area contributed by atoms with E-state index in [-0.39, 0.29) is 1.43 Å². The molecule has 23 heavy (non-hydrogen) atoms. The summed E-state index contributed by atoms with van der Waals surface area (Å²) in [5.41, 5.74) is 0. The first-order valence-corrected chi connectivity index (χ1v) is 7.05. The van der Waals surface area contributed by atoms with Gasteiger partial charge in [-0.25, -0.2) is 0 Å². The van der Waals surface area contributed by atoms with Crippen molar-refractivity contribution in [1.29, 1.82) is 0 Å². The molecule has 8 N–H and O–H groups in total. The molecule has 0 amide bonds. The second kappa shape index (κ2) is 7.21. The van der Waals surface area contributed by atoms with Crippen LogP contribution >= 0.6 is 0 Å². The Kier molecular flexibility index (Phi) is 5.92. The van der Waals surface area contributed by atoms with Crippen LogP contribution in [0.25, 0.3) is 0 Å². The predicted molar refractivity (Wildman–Crippen MR) is 69.8 cm³/mol. The normalized spacial score (nSPS) is 51.1. The van der Waals surface area contributed by atoms with Gasteiger partial charge in [0.2, 0.25) is 5.79 Å². The first kappa shape index (κ1) is 18.9. The minimum atomic E-state index is -2.37. The fourth-order valence-corrected chi connectivity index (χ4v) is 2.63. The van der Waals surface area contributed by atoms with E-state index in [2.05, 4.69) is 0 Å². The third-order valence-electron chi connectivity index (χ3n) is 4.04. The van der Waals surface area contributed by atoms with Crippen LogP contribution < -0.4 is 0 Å². The van der Waals surface area contributed by atoms with Gasteiger partial charge in [0.1, 0.15) is 42.7 Å². The van der Waals surface area contributed by atoms with E-state index >= 15 is 0 Å². The van der Waals surface area contributed by atoms with Crippen LogP contribution in [0, 0.1) is 0 Å². The molecule has 11 nitrogen and oxygen atoms in total. The summed E-state index contributed by atoms with van der Waals surface area (Å²) in [5.74, 6) is -2.37. The fraction of sp³-hybridized carbons (Fsp3) is 1.00. The maximum atomic E-state index is 10.00. The van der Waals surface area contributed by atoms with Gasteiger partial charge in [-0.05, 0) is 0 Å². The lowest BCUT2D eigenvalue weighted by molar-refractivity contribution is -0.318. The molecule has 2 rings (SSSR count). The lowest BCUT2D eigenvalue weighted by Crippen LogP contribution is -2.60. The second-order valence-corrected chi connectivity index (χ2v) is 5.58. The number of hydrogen-bond donors (Lipinski definition) is 8. The van der Waals surface area contributed by atoms with Gasteiger partial charge >= 0.3 is 1.43 Å². The molecule has 9 atom stereocenters. The van der Waals surface area contributed by atoms with Gasteiger partial charge in [0.05, 0.1) is 19.8 Å². The molecule has 2 saturated heterocycles. The average Bonchev–Trinajstić information content (AvgIpc) is 2.80. The fourth-order valence-electron chi connectivity index (χ4n) is 2.63. The van der Waals surface area contributed by atoms with Crippen LogP contribution in [-0.4, -0.2) is 115 Å². The summed E-state index contributed by atoms with van der Waals surface area (Å²) in [5, 5.41) is 76.5. The van der Waals surface area contributed by atoms with Gasteiger partial charge in [-0.3, -0.25) is 0 Å². The minimum absolute atomic E-state index is 0. The van der Waals surface area contributed by atoms with Gasteiger partial charge in [-0.15, -0.1) is 0 Å². The van der Waals surface area contributed by atoms with Gasteiger partial charge in [0.25, 0.3) is 0 Å². The van der Waals surface area contributed by atoms with Crippen LogP contribution in [0.15, 0.2) is 0 Å². The number of aliphatic hydroxyl groups is 8. The molecule has 0 unspecified atom stereocenters. The number of hydrogen-bond acceptors (Lipinski definition) is 11. The SMILES string of the molecule is OC[C@H]1O[C@@H](O[C@@H]2[C@@H](CO)O[C@](O)(CO)[C@H]2O)[C@H](O)[C@@H](O)[C@H]1O.[H+]. The standard InChI is InChI=1S/C12H22O11/c13-1-4-6(16)7(17)8(18)11(21-4)22-9-5(2-14)23-12(20,3-15)10(9)19/h4-11,13-20H,1-3H2/p+1/t4-,5-,6+,7+,8-,9-,10+,11+,12-/m1/s1. The Hall–Kier alpha value is -0.440. The Morgan fingerprint density at radius 2 is 1.52 bits per heavy atom. The summed E-state index contributed by atoms with van der Waals surface area (Å²) in [7, 11) is 0. The van der Waals surface area contributed by atoms with Gasteiger partial charge in [0.15, 0.2) is 6.29 Å². The Bertz CT molecular complexity index is 399. The Morgan fingerprint density at radius 3 is 2.04 bits per heavy atom. The summed E-state index contributed by atoms with van der Waals surface area (Å²) in [4.78, 5) is 0. The molecular weight excluding hydrogens is 320 g/mol. The van der Waals surface area contributed by atoms with Gasteiger partial charge in [0, 0.05) is 0 Å². The predicted octanol–water partition coefficient (Wildman–Crippen LogP) is -5.28. The van der Waals surface area contributed by atoms with Crippen molar-refractivity contribution >= 4 is 0 Å². The largest absolute Gasteiger partial charge is 1.00 e. The smallest absolute Gasteiger partial charge is 0.394 e. The summed E-state index contributed by atoms with van der Waals surface area (Å²) in [6.07, 6.45) is -12.2. The second-order valence-electron chi connectivity index (χ2n) is 5.58. The van der Waals surface area contributed by atoms with E-state index in [4.69, 9.17) is 24.4 Å². The summed E-state index contributed by atoms with van der Waals surface area (Å²) >= 11 is 0. The molecule has 0 saturated carbocycles. The topological polar surface area (TPSA) is 190 Å². The summed E-state index contributed by atoms with van der Waals surface area (Å²) in [6, 6.07) is 0. The van der Waals surface area contributed by atoms with Crippen molar-refractivity contribution in [2.45, 2.75) is 54.8 Å². The monoisotopic (exact) mass is 343 g/mol. The highest BCUT2D eigenvalue weighted by Gasteiger charge is 2.56. The van der Waals surface area contributed by atoms with E-state index in [1.165, 1.54) is 0 Å². The third-order valence-corrected chi connectivity index (χ3v) is 4.04. The molecule has 2 aliphatic rings. The molecule has 0 radical (unpaired) electrons. The van der Waals surface area contributed by atoms with Crippen molar-refractivity contribution in [2.24, 2.45) is 0 Å². The molecule has 2 aliphatic heterocycles. The van der Waals surface area contributed by atoms with Crippen LogP contribution in [0.5, 0.6) is 0 Å². The van der Waals surface area contributed by atoms with Crippen molar-refractivity contribution in [2.75, 3.05) is 19.8 Å². The highest BCUT2D eigenvalue weighted by Crippen LogP contribution is 2.33. The molecule has 11 heteroatoms. The summed E-state index contributed by atoms with van der Waals surface area (Å²) < 4.78 is 15.3. The number of aliphatic hydroxyl groups excluding tert-OH is 7. The molecule has 0 aromatic heterocycles. The maximum Gasteiger partial charge on any atom is 1.00 e. The maximum absolute atomic E-state index is 10.00. The highest BCUT2D eigenvalue weighted by atomic mass is 16.7. The van der Waals surface area contributed by atoms with Crippen molar-refractivity contribution in [3.05, 3.63) is 0 Å². The molecule has 2 fully saturated rings. The minimum Gasteiger partial charge on any atom is -0.394 e. The van der Waals surface area contributed by atoms with E-state index < -0.39 is 74.6 Å². The molecular formula is C12H23O11+. The summed E-state index contributed by atoms with van der Waals surface area (Å²) in [6.45, 7) is -2.32. The van der Waals surface area contributed by atoms with Crippen molar-refractivity contribution in [3.8, 4) is 0 Å². The zero-order chi connectivity index (χ0) is 17.4. The lowest BCUT2D eigenvalue weighted by atomic mass is 9.99. The quantitative estimate of drug-likeness (QED) is 0.238. The van der Waals surface area contributed by atoms with Gasteiger partial charge in [-0.2, -0.15) is 0 Å². The first-order valence-electron chi connectivity index (χ1n) is 7.05. The molecule has 2 heterocycles. The van der Waals surface area contributed by atoms with Crippen LogP contribution in [0.3, 0.4) is 0 Å². The Balaban J connectivity index is 0.00000288.